The van der Waals surface area contributed by atoms with Gasteiger partial charge in [0.25, 0.3) is 0 Å². The van der Waals surface area contributed by atoms with E-state index in [4.69, 9.17) is 0 Å². The predicted molar refractivity (Wildman–Crippen MR) is 63.4 cm³/mol. The number of benzene rings is 1. The molecule has 1 unspecified atom stereocenters. The number of anilines is 1. The van der Waals surface area contributed by atoms with Gasteiger partial charge in [0.15, 0.2) is 0 Å². The maximum absolute atomic E-state index is 9.69. The number of para-hydroxylation sites is 1. The predicted octanol–water partition coefficient (Wildman–Crippen LogP) is 2.38. The summed E-state index contributed by atoms with van der Waals surface area (Å²) in [7, 11) is 0. The molecule has 1 aliphatic heterocycles. The van der Waals surface area contributed by atoms with Crippen molar-refractivity contribution in [1.29, 1.82) is 0 Å². The van der Waals surface area contributed by atoms with Gasteiger partial charge in [0.05, 0.1) is 6.10 Å². The maximum Gasteiger partial charge on any atom is 0.0712 e. The summed E-state index contributed by atoms with van der Waals surface area (Å²) in [5.41, 5.74) is 2.72. The van der Waals surface area contributed by atoms with Gasteiger partial charge in [0.2, 0.25) is 0 Å². The van der Waals surface area contributed by atoms with Gasteiger partial charge in [-0.05, 0) is 18.1 Å². The van der Waals surface area contributed by atoms with E-state index in [-0.39, 0.29) is 6.10 Å². The number of nitrogens with zero attached hydrogens (tertiary/aromatic N) is 1. The fourth-order valence-corrected chi connectivity index (χ4v) is 2.28. The van der Waals surface area contributed by atoms with Gasteiger partial charge in [0.1, 0.15) is 0 Å². The average Bonchev–Trinajstić information content (AvgIpc) is 2.57. The number of rotatable bonds is 3. The molecule has 1 heterocycles. The molecule has 2 rings (SSSR count). The molecule has 0 saturated carbocycles. The van der Waals surface area contributed by atoms with E-state index >= 15 is 0 Å². The molecule has 15 heavy (non-hydrogen) atoms. The zero-order valence-corrected chi connectivity index (χ0v) is 9.48. The van der Waals surface area contributed by atoms with Crippen molar-refractivity contribution in [3.05, 3.63) is 29.8 Å². The van der Waals surface area contributed by atoms with Crippen LogP contribution in [0.15, 0.2) is 24.3 Å². The molecule has 1 aromatic rings. The maximum atomic E-state index is 9.69. The average molecular weight is 205 g/mol. The first-order valence-electron chi connectivity index (χ1n) is 5.74. The second-order valence-electron chi connectivity index (χ2n) is 4.43. The Bertz CT molecular complexity index is 337. The van der Waals surface area contributed by atoms with Crippen molar-refractivity contribution in [2.45, 2.75) is 32.3 Å². The van der Waals surface area contributed by atoms with Gasteiger partial charge in [0, 0.05) is 24.7 Å². The highest BCUT2D eigenvalue weighted by Crippen LogP contribution is 2.35. The fraction of sp³-hybridized carbons (Fsp3) is 0.538. The Labute approximate surface area is 91.5 Å². The highest BCUT2D eigenvalue weighted by Gasteiger charge is 2.25. The smallest absolute Gasteiger partial charge is 0.0712 e. The van der Waals surface area contributed by atoms with Crippen LogP contribution in [0, 0.1) is 0 Å². The third kappa shape index (κ3) is 2.00. The van der Waals surface area contributed by atoms with Crippen LogP contribution in [0.25, 0.3) is 0 Å². The molecule has 1 N–H and O–H groups in total. The monoisotopic (exact) mass is 205 g/mol. The van der Waals surface area contributed by atoms with E-state index in [1.54, 1.807) is 0 Å². The van der Waals surface area contributed by atoms with Gasteiger partial charge in [-0.2, -0.15) is 0 Å². The lowest BCUT2D eigenvalue weighted by Crippen LogP contribution is -2.30. The zero-order chi connectivity index (χ0) is 10.8. The van der Waals surface area contributed by atoms with E-state index in [0.29, 0.717) is 5.92 Å². The van der Waals surface area contributed by atoms with E-state index in [0.717, 1.165) is 19.5 Å². The molecular formula is C13H19NO. The highest BCUT2D eigenvalue weighted by atomic mass is 16.3. The number of hydrogen-bond donors (Lipinski definition) is 1. The zero-order valence-electron chi connectivity index (χ0n) is 9.48. The Kier molecular flexibility index (Phi) is 2.96. The van der Waals surface area contributed by atoms with Crippen molar-refractivity contribution in [2.24, 2.45) is 0 Å². The Morgan fingerprint density at radius 1 is 1.47 bits per heavy atom. The minimum atomic E-state index is -0.205. The molecule has 1 aromatic carbocycles. The molecule has 2 heteroatoms. The second-order valence-corrected chi connectivity index (χ2v) is 4.43. The van der Waals surface area contributed by atoms with Gasteiger partial charge >= 0.3 is 0 Å². The van der Waals surface area contributed by atoms with Gasteiger partial charge in [-0.1, -0.05) is 32.0 Å². The Morgan fingerprint density at radius 3 is 2.93 bits per heavy atom. The molecule has 0 spiro atoms. The van der Waals surface area contributed by atoms with E-state index < -0.39 is 0 Å². The van der Waals surface area contributed by atoms with Gasteiger partial charge in [-0.3, -0.25) is 0 Å². The van der Waals surface area contributed by atoms with Crippen LogP contribution in [0.3, 0.4) is 0 Å². The minimum Gasteiger partial charge on any atom is -0.391 e. The third-order valence-corrected chi connectivity index (χ3v) is 3.20. The first kappa shape index (κ1) is 10.5. The summed E-state index contributed by atoms with van der Waals surface area (Å²) >= 11 is 0. The summed E-state index contributed by atoms with van der Waals surface area (Å²) in [5.74, 6) is 0.588. The quantitative estimate of drug-likeness (QED) is 0.819. The molecule has 0 aliphatic carbocycles. The number of β-amino-alcohol motifs (C(OH)–C–C–N with tert-alkyl or cyclic N) is 1. The Morgan fingerprint density at radius 2 is 2.20 bits per heavy atom. The van der Waals surface area contributed by atoms with Crippen molar-refractivity contribution >= 4 is 5.69 Å². The van der Waals surface area contributed by atoms with Crippen LogP contribution < -0.4 is 4.90 Å². The van der Waals surface area contributed by atoms with Gasteiger partial charge in [-0.15, -0.1) is 0 Å². The number of fused-ring (bicyclic) bond motifs is 1. The SMILES string of the molecule is CC[C@@H](O)CN1CC(C)c2ccccc21. The molecule has 2 nitrogen and oxygen atoms in total. The van der Waals surface area contributed by atoms with Crippen LogP contribution >= 0.6 is 0 Å². The lowest BCUT2D eigenvalue weighted by molar-refractivity contribution is 0.176. The van der Waals surface area contributed by atoms with Crippen molar-refractivity contribution in [1.82, 2.24) is 0 Å². The molecule has 0 amide bonds. The number of hydrogen-bond acceptors (Lipinski definition) is 2. The van der Waals surface area contributed by atoms with Crippen LogP contribution in [0.2, 0.25) is 0 Å². The summed E-state index contributed by atoms with van der Waals surface area (Å²) in [6.07, 6.45) is 0.621. The third-order valence-electron chi connectivity index (χ3n) is 3.20. The first-order chi connectivity index (χ1) is 7.22. The highest BCUT2D eigenvalue weighted by molar-refractivity contribution is 5.59. The molecule has 2 atom stereocenters. The van der Waals surface area contributed by atoms with E-state index in [9.17, 15) is 5.11 Å². The molecule has 0 radical (unpaired) electrons. The molecule has 82 valence electrons. The van der Waals surface area contributed by atoms with Gasteiger partial charge < -0.3 is 10.0 Å². The second kappa shape index (κ2) is 4.23. The molecule has 0 aromatic heterocycles. The fourth-order valence-electron chi connectivity index (χ4n) is 2.28. The largest absolute Gasteiger partial charge is 0.391 e. The van der Waals surface area contributed by atoms with Crippen molar-refractivity contribution in [3.63, 3.8) is 0 Å². The van der Waals surface area contributed by atoms with Crippen LogP contribution in [-0.4, -0.2) is 24.3 Å². The van der Waals surface area contributed by atoms with Crippen LogP contribution in [0.5, 0.6) is 0 Å². The first-order valence-corrected chi connectivity index (χ1v) is 5.74. The van der Waals surface area contributed by atoms with E-state index in [1.807, 2.05) is 6.92 Å². The lowest BCUT2D eigenvalue weighted by Gasteiger charge is -2.22. The molecule has 0 bridgehead atoms. The van der Waals surface area contributed by atoms with E-state index in [1.165, 1.54) is 11.3 Å². The molecule has 1 aliphatic rings. The topological polar surface area (TPSA) is 23.5 Å². The van der Waals surface area contributed by atoms with Crippen molar-refractivity contribution < 1.29 is 5.11 Å². The summed E-state index contributed by atoms with van der Waals surface area (Å²) in [6, 6.07) is 8.51. The Hall–Kier alpha value is -1.02. The summed E-state index contributed by atoms with van der Waals surface area (Å²) < 4.78 is 0. The van der Waals surface area contributed by atoms with Gasteiger partial charge in [-0.25, -0.2) is 0 Å². The minimum absolute atomic E-state index is 0.205. The normalized spacial score (nSPS) is 21.5. The molecular weight excluding hydrogens is 186 g/mol. The summed E-state index contributed by atoms with van der Waals surface area (Å²) in [4.78, 5) is 2.30. The summed E-state index contributed by atoms with van der Waals surface area (Å²) in [5, 5.41) is 9.69. The van der Waals surface area contributed by atoms with Crippen molar-refractivity contribution in [2.75, 3.05) is 18.0 Å². The standard InChI is InChI=1S/C13H19NO/c1-3-11(15)9-14-8-10(2)12-6-4-5-7-13(12)14/h4-7,10-11,15H,3,8-9H2,1-2H3/t10?,11-/m1/s1. The Balaban J connectivity index is 2.17. The van der Waals surface area contributed by atoms with E-state index in [2.05, 4.69) is 36.1 Å². The number of aliphatic hydroxyl groups excluding tert-OH is 1. The summed E-state index contributed by atoms with van der Waals surface area (Å²) in [6.45, 7) is 6.07. The van der Waals surface area contributed by atoms with Crippen molar-refractivity contribution in [3.8, 4) is 0 Å². The molecule has 0 saturated heterocycles. The van der Waals surface area contributed by atoms with Crippen LogP contribution in [-0.2, 0) is 0 Å². The van der Waals surface area contributed by atoms with Crippen LogP contribution in [0.1, 0.15) is 31.7 Å². The van der Waals surface area contributed by atoms with Crippen LogP contribution in [0.4, 0.5) is 5.69 Å². The lowest BCUT2D eigenvalue weighted by atomic mass is 10.0. The molecule has 0 fully saturated rings. The number of aliphatic hydroxyl groups is 1.